The maximum Gasteiger partial charge on any atom is 0.159 e. The van der Waals surface area contributed by atoms with Crippen LogP contribution in [-0.2, 0) is 0 Å². The number of nitrogens with zero attached hydrogens (tertiary/aromatic N) is 3. The van der Waals surface area contributed by atoms with Crippen LogP contribution in [0.15, 0.2) is 10.8 Å². The highest BCUT2D eigenvalue weighted by Crippen LogP contribution is 2.25. The van der Waals surface area contributed by atoms with Crippen molar-refractivity contribution in [2.75, 3.05) is 36.9 Å². The molecule has 0 atom stereocenters. The number of hydrazine groups is 1. The van der Waals surface area contributed by atoms with E-state index in [1.165, 1.54) is 32.3 Å². The first-order valence-electron chi connectivity index (χ1n) is 5.74. The van der Waals surface area contributed by atoms with Gasteiger partial charge in [-0.05, 0) is 41.9 Å². The molecule has 0 saturated carbocycles. The Balaban J connectivity index is 1.85. The van der Waals surface area contributed by atoms with E-state index in [0.717, 1.165) is 23.4 Å². The fraction of sp³-hybridized carbons (Fsp3) is 0.600. The number of anilines is 2. The molecule has 1 aliphatic rings. The quantitative estimate of drug-likeness (QED) is 0.557. The topological polar surface area (TPSA) is 79.1 Å². The predicted molar refractivity (Wildman–Crippen MR) is 71.7 cm³/mol. The minimum Gasteiger partial charge on any atom is -0.368 e. The normalized spacial score (nSPS) is 16.1. The molecule has 2 rings (SSSR count). The summed E-state index contributed by atoms with van der Waals surface area (Å²) in [4.78, 5) is 10.6. The van der Waals surface area contributed by atoms with Crippen LogP contribution < -0.4 is 16.6 Å². The van der Waals surface area contributed by atoms with Crippen molar-refractivity contribution in [3.63, 3.8) is 0 Å². The number of halogens is 1. The fourth-order valence-electron chi connectivity index (χ4n) is 1.93. The molecule has 0 aliphatic carbocycles. The zero-order valence-electron chi connectivity index (χ0n) is 9.62. The van der Waals surface area contributed by atoms with E-state index in [1.54, 1.807) is 0 Å². The number of hydrogen-bond donors (Lipinski definition) is 3. The van der Waals surface area contributed by atoms with Gasteiger partial charge in [0.15, 0.2) is 5.82 Å². The fourth-order valence-corrected chi connectivity index (χ4v) is 2.39. The number of nitrogens with one attached hydrogen (secondary N) is 2. The summed E-state index contributed by atoms with van der Waals surface area (Å²) in [5.41, 5.74) is 2.52. The van der Waals surface area contributed by atoms with E-state index >= 15 is 0 Å². The van der Waals surface area contributed by atoms with Gasteiger partial charge in [-0.15, -0.1) is 0 Å². The van der Waals surface area contributed by atoms with Crippen LogP contribution in [0.3, 0.4) is 0 Å². The summed E-state index contributed by atoms with van der Waals surface area (Å²) < 4.78 is 0.768. The molecule has 1 fully saturated rings. The van der Waals surface area contributed by atoms with E-state index in [1.807, 2.05) is 0 Å². The van der Waals surface area contributed by atoms with Crippen LogP contribution in [0.1, 0.15) is 12.8 Å². The second-order valence-corrected chi connectivity index (χ2v) is 4.80. The minimum absolute atomic E-state index is 0.587. The van der Waals surface area contributed by atoms with Gasteiger partial charge >= 0.3 is 0 Å². The van der Waals surface area contributed by atoms with Crippen molar-refractivity contribution in [2.24, 2.45) is 5.84 Å². The molecule has 1 aliphatic heterocycles. The second kappa shape index (κ2) is 6.13. The summed E-state index contributed by atoms with van der Waals surface area (Å²) in [5, 5.41) is 3.28. The van der Waals surface area contributed by atoms with Crippen LogP contribution in [-0.4, -0.2) is 41.0 Å². The molecule has 1 aromatic heterocycles. The largest absolute Gasteiger partial charge is 0.368 e. The van der Waals surface area contributed by atoms with Gasteiger partial charge in [0.1, 0.15) is 16.6 Å². The van der Waals surface area contributed by atoms with Crippen molar-refractivity contribution in [1.29, 1.82) is 0 Å². The number of rotatable bonds is 5. The van der Waals surface area contributed by atoms with Crippen molar-refractivity contribution in [3.8, 4) is 0 Å². The van der Waals surface area contributed by atoms with E-state index in [0.29, 0.717) is 5.82 Å². The highest BCUT2D eigenvalue weighted by Gasteiger charge is 2.11. The molecule has 0 radical (unpaired) electrons. The molecule has 1 saturated heterocycles. The summed E-state index contributed by atoms with van der Waals surface area (Å²) in [5.74, 6) is 6.70. The SMILES string of the molecule is NNc1ncnc(NCCN2CCCC2)c1Br. The van der Waals surface area contributed by atoms with Crippen molar-refractivity contribution >= 4 is 27.6 Å². The lowest BCUT2D eigenvalue weighted by atomic mass is 10.4. The second-order valence-electron chi connectivity index (χ2n) is 4.00. The van der Waals surface area contributed by atoms with E-state index < -0.39 is 0 Å². The van der Waals surface area contributed by atoms with E-state index in [-0.39, 0.29) is 0 Å². The third-order valence-corrected chi connectivity index (χ3v) is 3.60. The van der Waals surface area contributed by atoms with Gasteiger partial charge in [-0.3, -0.25) is 0 Å². The summed E-state index contributed by atoms with van der Waals surface area (Å²) in [6.45, 7) is 4.34. The summed E-state index contributed by atoms with van der Waals surface area (Å²) in [7, 11) is 0. The Morgan fingerprint density at radius 1 is 1.29 bits per heavy atom. The Kier molecular flexibility index (Phi) is 4.52. The van der Waals surface area contributed by atoms with Crippen molar-refractivity contribution in [3.05, 3.63) is 10.8 Å². The van der Waals surface area contributed by atoms with Crippen LogP contribution in [0.25, 0.3) is 0 Å². The van der Waals surface area contributed by atoms with Crippen LogP contribution in [0, 0.1) is 0 Å². The Hall–Kier alpha value is -0.920. The third kappa shape index (κ3) is 3.27. The monoisotopic (exact) mass is 300 g/mol. The molecule has 6 nitrogen and oxygen atoms in total. The molecule has 0 unspecified atom stereocenters. The first-order chi connectivity index (χ1) is 8.31. The van der Waals surface area contributed by atoms with Crippen LogP contribution in [0.2, 0.25) is 0 Å². The molecule has 2 heterocycles. The molecule has 0 bridgehead atoms. The van der Waals surface area contributed by atoms with Gasteiger partial charge < -0.3 is 15.6 Å². The molecular formula is C10H17BrN6. The van der Waals surface area contributed by atoms with E-state index in [4.69, 9.17) is 5.84 Å². The number of likely N-dealkylation sites (tertiary alicyclic amines) is 1. The predicted octanol–water partition coefficient (Wildman–Crippen LogP) is 1.03. The Labute approximate surface area is 109 Å². The van der Waals surface area contributed by atoms with Gasteiger partial charge in [0, 0.05) is 13.1 Å². The van der Waals surface area contributed by atoms with Gasteiger partial charge in [-0.2, -0.15) is 0 Å². The van der Waals surface area contributed by atoms with Gasteiger partial charge in [0.2, 0.25) is 0 Å². The zero-order valence-corrected chi connectivity index (χ0v) is 11.2. The van der Waals surface area contributed by atoms with E-state index in [2.05, 4.69) is 41.5 Å². The zero-order chi connectivity index (χ0) is 12.1. The van der Waals surface area contributed by atoms with Crippen molar-refractivity contribution in [2.45, 2.75) is 12.8 Å². The summed E-state index contributed by atoms with van der Waals surface area (Å²) in [6.07, 6.45) is 4.12. The molecule has 94 valence electrons. The number of aromatic nitrogens is 2. The average molecular weight is 301 g/mol. The molecule has 17 heavy (non-hydrogen) atoms. The average Bonchev–Trinajstić information content (AvgIpc) is 2.84. The third-order valence-electron chi connectivity index (χ3n) is 2.85. The molecule has 0 aromatic carbocycles. The number of nitrogens with two attached hydrogens (primary N) is 1. The Bertz CT molecular complexity index is 366. The van der Waals surface area contributed by atoms with Gasteiger partial charge in [0.25, 0.3) is 0 Å². The van der Waals surface area contributed by atoms with Crippen LogP contribution in [0.5, 0.6) is 0 Å². The minimum atomic E-state index is 0.587. The lowest BCUT2D eigenvalue weighted by Gasteiger charge is -2.15. The highest BCUT2D eigenvalue weighted by molar-refractivity contribution is 9.10. The lowest BCUT2D eigenvalue weighted by Crippen LogP contribution is -2.26. The summed E-state index contributed by atoms with van der Waals surface area (Å²) in [6, 6.07) is 0. The Morgan fingerprint density at radius 2 is 2.00 bits per heavy atom. The van der Waals surface area contributed by atoms with Gasteiger partial charge in [0.05, 0.1) is 0 Å². The standard InChI is InChI=1S/C10H17BrN6/c11-8-9(14-7-15-10(8)16-12)13-3-6-17-4-1-2-5-17/h7H,1-6,12H2,(H2,13,14,15,16). The lowest BCUT2D eigenvalue weighted by molar-refractivity contribution is 0.352. The first kappa shape index (κ1) is 12.5. The molecule has 1 aromatic rings. The molecule has 7 heteroatoms. The number of nitrogen functional groups attached to an aromatic ring is 1. The highest BCUT2D eigenvalue weighted by atomic mass is 79.9. The summed E-state index contributed by atoms with van der Waals surface area (Å²) >= 11 is 3.41. The molecular weight excluding hydrogens is 284 g/mol. The molecule has 4 N–H and O–H groups in total. The molecule has 0 spiro atoms. The number of hydrogen-bond acceptors (Lipinski definition) is 6. The maximum absolute atomic E-state index is 5.34. The van der Waals surface area contributed by atoms with Crippen LogP contribution in [0.4, 0.5) is 11.6 Å². The molecule has 0 amide bonds. The van der Waals surface area contributed by atoms with E-state index in [9.17, 15) is 0 Å². The maximum atomic E-state index is 5.34. The van der Waals surface area contributed by atoms with Crippen molar-refractivity contribution < 1.29 is 0 Å². The first-order valence-corrected chi connectivity index (χ1v) is 6.54. The van der Waals surface area contributed by atoms with Crippen LogP contribution >= 0.6 is 15.9 Å². The van der Waals surface area contributed by atoms with Crippen molar-refractivity contribution in [1.82, 2.24) is 14.9 Å². The smallest absolute Gasteiger partial charge is 0.159 e. The van der Waals surface area contributed by atoms with Gasteiger partial charge in [-0.25, -0.2) is 15.8 Å². The Morgan fingerprint density at radius 3 is 2.71 bits per heavy atom. The van der Waals surface area contributed by atoms with Gasteiger partial charge in [-0.1, -0.05) is 0 Å².